The highest BCUT2D eigenvalue weighted by Gasteiger charge is 2.42. The highest BCUT2D eigenvalue weighted by molar-refractivity contribution is 7.89. The fourth-order valence-electron chi connectivity index (χ4n) is 5.47. The molecule has 7 nitrogen and oxygen atoms in total. The van der Waals surface area contributed by atoms with Gasteiger partial charge in [-0.3, -0.25) is 9.69 Å². The van der Waals surface area contributed by atoms with E-state index in [4.69, 9.17) is 10.5 Å². The molecule has 0 radical (unpaired) electrons. The minimum absolute atomic E-state index is 0.0216. The third-order valence-corrected chi connectivity index (χ3v) is 9.93. The molecule has 0 bridgehead atoms. The first-order chi connectivity index (χ1) is 16.6. The number of rotatable bonds is 7. The lowest BCUT2D eigenvalue weighted by Gasteiger charge is -2.44. The summed E-state index contributed by atoms with van der Waals surface area (Å²) in [5, 5.41) is -0.629. The molecule has 0 aromatic heterocycles. The van der Waals surface area contributed by atoms with Crippen LogP contribution in [0.2, 0.25) is 0 Å². The Bertz CT molecular complexity index is 1150. The Labute approximate surface area is 207 Å². The van der Waals surface area contributed by atoms with Gasteiger partial charge in [0.25, 0.3) is 0 Å². The van der Waals surface area contributed by atoms with E-state index < -0.39 is 32.5 Å². The Kier molecular flexibility index (Phi) is 7.61. The number of nitrogens with zero attached hydrogens (tertiary/aromatic N) is 2. The molecular formula is C26H34FN3O4S. The standard InChI is InChI=1S/C26H34FN3O4S/c1-19-8-11-24(20-6-4-3-5-7-20)35(32,33)30(19)17-21-9-10-22(16-23(21)27)26(12-14-34-15-13-26)29(2)18-25(28)31/h3-7,9-10,16,19,24H,8,11-15,17-18H2,1-2H3,(H2,28,31)/t19-,24+/m0/s1. The zero-order valence-corrected chi connectivity index (χ0v) is 21.1. The smallest absolute Gasteiger partial charge is 0.231 e. The van der Waals surface area contributed by atoms with Gasteiger partial charge in [-0.05, 0) is 56.8 Å². The van der Waals surface area contributed by atoms with Crippen molar-refractivity contribution >= 4 is 15.9 Å². The summed E-state index contributed by atoms with van der Waals surface area (Å²) in [5.74, 6) is -0.905. The Hall–Kier alpha value is -2.33. The van der Waals surface area contributed by atoms with Gasteiger partial charge >= 0.3 is 0 Å². The van der Waals surface area contributed by atoms with Gasteiger partial charge in [0.1, 0.15) is 11.1 Å². The first-order valence-corrected chi connectivity index (χ1v) is 13.6. The molecule has 0 aliphatic carbocycles. The SMILES string of the molecule is C[C@H]1CC[C@H](c2ccccc2)S(=O)(=O)N1Cc1ccc(C2(N(C)CC(N)=O)CCOCC2)cc1F. The van der Waals surface area contributed by atoms with Crippen LogP contribution in [0.4, 0.5) is 4.39 Å². The lowest BCUT2D eigenvalue weighted by Crippen LogP contribution is -2.50. The molecule has 2 heterocycles. The molecule has 2 N–H and O–H groups in total. The maximum Gasteiger partial charge on any atom is 0.231 e. The average Bonchev–Trinajstić information content (AvgIpc) is 2.83. The Balaban J connectivity index is 1.62. The predicted molar refractivity (Wildman–Crippen MR) is 132 cm³/mol. The fraction of sp³-hybridized carbons (Fsp3) is 0.500. The van der Waals surface area contributed by atoms with E-state index in [1.165, 1.54) is 10.4 Å². The minimum Gasteiger partial charge on any atom is -0.381 e. The first-order valence-electron chi connectivity index (χ1n) is 12.1. The molecule has 2 aromatic carbocycles. The minimum atomic E-state index is -3.66. The van der Waals surface area contributed by atoms with Crippen LogP contribution in [0.5, 0.6) is 0 Å². The molecule has 0 spiro atoms. The van der Waals surface area contributed by atoms with Crippen LogP contribution >= 0.6 is 0 Å². The van der Waals surface area contributed by atoms with Gasteiger partial charge in [0.2, 0.25) is 15.9 Å². The number of primary amides is 1. The number of carbonyl (C=O) groups is 1. The van der Waals surface area contributed by atoms with Gasteiger partial charge in [0.15, 0.2) is 0 Å². The lowest BCUT2D eigenvalue weighted by molar-refractivity contribution is -0.121. The molecule has 0 saturated carbocycles. The monoisotopic (exact) mass is 503 g/mol. The Morgan fingerprint density at radius 2 is 1.86 bits per heavy atom. The zero-order valence-electron chi connectivity index (χ0n) is 20.3. The second-order valence-corrected chi connectivity index (χ2v) is 11.8. The van der Waals surface area contributed by atoms with Crippen LogP contribution in [0.1, 0.15) is 54.5 Å². The van der Waals surface area contributed by atoms with E-state index in [1.54, 1.807) is 6.07 Å². The summed E-state index contributed by atoms with van der Waals surface area (Å²) in [5.41, 5.74) is 6.70. The number of hydrogen-bond acceptors (Lipinski definition) is 5. The van der Waals surface area contributed by atoms with Crippen molar-refractivity contribution in [1.82, 2.24) is 9.21 Å². The van der Waals surface area contributed by atoms with Crippen LogP contribution in [-0.2, 0) is 31.6 Å². The second kappa shape index (κ2) is 10.3. The quantitative estimate of drug-likeness (QED) is 0.626. The van der Waals surface area contributed by atoms with Gasteiger partial charge in [-0.15, -0.1) is 0 Å². The van der Waals surface area contributed by atoms with Gasteiger partial charge in [-0.1, -0.05) is 42.5 Å². The number of carbonyl (C=O) groups excluding carboxylic acids is 1. The molecule has 35 heavy (non-hydrogen) atoms. The fourth-order valence-corrected chi connectivity index (χ4v) is 7.66. The van der Waals surface area contributed by atoms with Crippen LogP contribution in [0.25, 0.3) is 0 Å². The van der Waals surface area contributed by atoms with Gasteiger partial charge < -0.3 is 10.5 Å². The van der Waals surface area contributed by atoms with Gasteiger partial charge in [0.05, 0.1) is 12.1 Å². The molecule has 2 saturated heterocycles. The first kappa shape index (κ1) is 25.8. The number of benzene rings is 2. The summed E-state index contributed by atoms with van der Waals surface area (Å²) < 4.78 is 49.5. The van der Waals surface area contributed by atoms with Crippen molar-refractivity contribution in [2.75, 3.05) is 26.8 Å². The highest BCUT2D eigenvalue weighted by Crippen LogP contribution is 2.40. The number of ether oxygens (including phenoxy) is 1. The topological polar surface area (TPSA) is 92.9 Å². The number of nitrogens with two attached hydrogens (primary N) is 1. The lowest BCUT2D eigenvalue weighted by atomic mass is 9.80. The average molecular weight is 504 g/mol. The molecule has 4 rings (SSSR count). The molecule has 9 heteroatoms. The van der Waals surface area contributed by atoms with Crippen LogP contribution in [0.3, 0.4) is 0 Å². The number of sulfonamides is 1. The summed E-state index contributed by atoms with van der Waals surface area (Å²) in [4.78, 5) is 13.5. The third-order valence-electron chi connectivity index (χ3n) is 7.56. The van der Waals surface area contributed by atoms with E-state index in [-0.39, 0.29) is 19.1 Å². The molecule has 2 aromatic rings. The zero-order chi connectivity index (χ0) is 25.2. The van der Waals surface area contributed by atoms with Crippen molar-refractivity contribution in [3.63, 3.8) is 0 Å². The van der Waals surface area contributed by atoms with Crippen LogP contribution in [0.15, 0.2) is 48.5 Å². The van der Waals surface area contributed by atoms with Crippen LogP contribution in [-0.4, -0.2) is 56.4 Å². The van der Waals surface area contributed by atoms with Crippen molar-refractivity contribution in [3.8, 4) is 0 Å². The Morgan fingerprint density at radius 1 is 1.17 bits per heavy atom. The number of halogens is 1. The third kappa shape index (κ3) is 5.14. The molecular weight excluding hydrogens is 469 g/mol. The van der Waals surface area contributed by atoms with E-state index in [2.05, 4.69) is 0 Å². The second-order valence-electron chi connectivity index (χ2n) is 9.69. The molecule has 2 aliphatic heterocycles. The van der Waals surface area contributed by atoms with Gasteiger partial charge in [-0.2, -0.15) is 4.31 Å². The van der Waals surface area contributed by atoms with E-state index >= 15 is 4.39 Å². The summed E-state index contributed by atoms with van der Waals surface area (Å²) in [6.45, 7) is 2.90. The summed E-state index contributed by atoms with van der Waals surface area (Å²) in [6.07, 6.45) is 2.46. The predicted octanol–water partition coefficient (Wildman–Crippen LogP) is 3.30. The van der Waals surface area contributed by atoms with Crippen molar-refractivity contribution in [2.24, 2.45) is 5.73 Å². The maximum absolute atomic E-state index is 15.5. The number of hydrogen-bond donors (Lipinski definition) is 1. The molecule has 2 aliphatic rings. The summed E-state index contributed by atoms with van der Waals surface area (Å²) >= 11 is 0. The van der Waals surface area contributed by atoms with Crippen molar-refractivity contribution < 1.29 is 22.3 Å². The van der Waals surface area contributed by atoms with E-state index in [0.717, 1.165) is 11.1 Å². The number of amides is 1. The molecule has 2 fully saturated rings. The normalized spacial score (nSPS) is 24.3. The van der Waals surface area contributed by atoms with Crippen molar-refractivity contribution in [2.45, 2.75) is 56.0 Å². The number of likely N-dealkylation sites (N-methyl/N-ethyl adjacent to an activating group) is 1. The van der Waals surface area contributed by atoms with E-state index in [9.17, 15) is 13.2 Å². The molecule has 0 unspecified atom stereocenters. The van der Waals surface area contributed by atoms with Crippen molar-refractivity contribution in [1.29, 1.82) is 0 Å². The maximum atomic E-state index is 15.5. The summed E-state index contributed by atoms with van der Waals surface area (Å²) in [7, 11) is -1.85. The molecule has 2 atom stereocenters. The molecule has 1 amide bonds. The Morgan fingerprint density at radius 3 is 2.49 bits per heavy atom. The van der Waals surface area contributed by atoms with Crippen LogP contribution < -0.4 is 5.73 Å². The van der Waals surface area contributed by atoms with Crippen LogP contribution in [0, 0.1) is 5.82 Å². The highest BCUT2D eigenvalue weighted by atomic mass is 32.2. The van der Waals surface area contributed by atoms with E-state index in [0.29, 0.717) is 44.5 Å². The molecule has 190 valence electrons. The van der Waals surface area contributed by atoms with Gasteiger partial charge in [0, 0.05) is 31.4 Å². The largest absolute Gasteiger partial charge is 0.381 e. The van der Waals surface area contributed by atoms with Gasteiger partial charge in [-0.25, -0.2) is 12.8 Å². The van der Waals surface area contributed by atoms with E-state index in [1.807, 2.05) is 55.3 Å². The summed E-state index contributed by atoms with van der Waals surface area (Å²) in [6, 6.07) is 14.0. The van der Waals surface area contributed by atoms with Crippen molar-refractivity contribution in [3.05, 3.63) is 71.0 Å².